The first kappa shape index (κ1) is 21.2. The van der Waals surface area contributed by atoms with E-state index in [1.54, 1.807) is 12.1 Å². The molecule has 1 heterocycles. The van der Waals surface area contributed by atoms with Crippen molar-refractivity contribution in [3.8, 4) is 5.75 Å². The van der Waals surface area contributed by atoms with Crippen LogP contribution in [-0.2, 0) is 9.59 Å². The fourth-order valence-electron chi connectivity index (χ4n) is 3.85. The molecule has 0 saturated carbocycles. The standard InChI is InChI=1S/C26H25N3O3/c1-17-12-13-24(32-2)23(14-17)29-26(31)25(30)28-15-20(18-8-4-3-5-9-18)21-16-27-22-11-7-6-10-19(21)22/h3-14,16,20,27H,15H2,1-2H3,(H,28,30)(H,29,31)/t20-/m1/s1. The maximum atomic E-state index is 12.6. The predicted molar refractivity (Wildman–Crippen MR) is 126 cm³/mol. The number of amides is 2. The zero-order valence-corrected chi connectivity index (χ0v) is 18.0. The Morgan fingerprint density at radius 2 is 1.72 bits per heavy atom. The summed E-state index contributed by atoms with van der Waals surface area (Å²) in [5.74, 6) is -1.05. The van der Waals surface area contributed by atoms with E-state index in [9.17, 15) is 9.59 Å². The lowest BCUT2D eigenvalue weighted by Crippen LogP contribution is -2.37. The number of carbonyl (C=O) groups excluding carboxylic acids is 2. The predicted octanol–water partition coefficient (Wildman–Crippen LogP) is 4.37. The summed E-state index contributed by atoms with van der Waals surface area (Å²) in [7, 11) is 1.52. The number of anilines is 1. The van der Waals surface area contributed by atoms with Crippen molar-refractivity contribution in [3.05, 3.63) is 95.7 Å². The highest BCUT2D eigenvalue weighted by Crippen LogP contribution is 2.30. The SMILES string of the molecule is COc1ccc(C)cc1NC(=O)C(=O)NC[C@H](c1ccccc1)c1c[nH]c2ccccc12. The number of aromatic amines is 1. The number of hydrogen-bond acceptors (Lipinski definition) is 3. The van der Waals surface area contributed by atoms with Crippen LogP contribution in [-0.4, -0.2) is 30.5 Å². The summed E-state index contributed by atoms with van der Waals surface area (Å²) in [5.41, 5.74) is 4.55. The summed E-state index contributed by atoms with van der Waals surface area (Å²) < 4.78 is 5.28. The Balaban J connectivity index is 1.53. The number of rotatable bonds is 6. The van der Waals surface area contributed by atoms with Crippen molar-refractivity contribution in [2.75, 3.05) is 19.0 Å². The van der Waals surface area contributed by atoms with Crippen molar-refractivity contribution in [3.63, 3.8) is 0 Å². The van der Waals surface area contributed by atoms with E-state index in [-0.39, 0.29) is 12.5 Å². The average Bonchev–Trinajstić information content (AvgIpc) is 3.24. The van der Waals surface area contributed by atoms with E-state index in [4.69, 9.17) is 4.74 Å². The Morgan fingerprint density at radius 3 is 2.50 bits per heavy atom. The van der Waals surface area contributed by atoms with Gasteiger partial charge in [-0.1, -0.05) is 54.6 Å². The summed E-state index contributed by atoms with van der Waals surface area (Å²) in [4.78, 5) is 28.5. The molecular weight excluding hydrogens is 402 g/mol. The quantitative estimate of drug-likeness (QED) is 0.400. The zero-order valence-electron chi connectivity index (χ0n) is 18.0. The second kappa shape index (κ2) is 9.39. The number of nitrogens with one attached hydrogen (secondary N) is 3. The first-order valence-electron chi connectivity index (χ1n) is 10.4. The summed E-state index contributed by atoms with van der Waals surface area (Å²) >= 11 is 0. The van der Waals surface area contributed by atoms with Crippen LogP contribution in [0.5, 0.6) is 5.75 Å². The Hall–Kier alpha value is -4.06. The molecular formula is C26H25N3O3. The van der Waals surface area contributed by atoms with Crippen LogP contribution >= 0.6 is 0 Å². The number of para-hydroxylation sites is 1. The average molecular weight is 428 g/mol. The van der Waals surface area contributed by atoms with Gasteiger partial charge in [0.05, 0.1) is 12.8 Å². The third kappa shape index (κ3) is 4.49. The van der Waals surface area contributed by atoms with Crippen LogP contribution in [0.4, 0.5) is 5.69 Å². The summed E-state index contributed by atoms with van der Waals surface area (Å²) in [6.45, 7) is 2.18. The topological polar surface area (TPSA) is 83.2 Å². The van der Waals surface area contributed by atoms with Gasteiger partial charge >= 0.3 is 11.8 Å². The Labute approximate surface area is 186 Å². The van der Waals surface area contributed by atoms with Gasteiger partial charge < -0.3 is 20.4 Å². The fourth-order valence-corrected chi connectivity index (χ4v) is 3.85. The molecule has 4 rings (SSSR count). The number of benzene rings is 3. The van der Waals surface area contributed by atoms with E-state index >= 15 is 0 Å². The summed E-state index contributed by atoms with van der Waals surface area (Å²) in [5, 5.41) is 6.54. The van der Waals surface area contributed by atoms with Crippen molar-refractivity contribution < 1.29 is 14.3 Å². The number of hydrogen-bond donors (Lipinski definition) is 3. The molecule has 32 heavy (non-hydrogen) atoms. The molecule has 2 amide bonds. The molecule has 4 aromatic rings. The van der Waals surface area contributed by atoms with Gasteiger partial charge in [-0.2, -0.15) is 0 Å². The van der Waals surface area contributed by atoms with Gasteiger partial charge in [0.1, 0.15) is 5.75 Å². The molecule has 162 valence electrons. The fraction of sp³-hybridized carbons (Fsp3) is 0.154. The van der Waals surface area contributed by atoms with Crippen LogP contribution in [0.15, 0.2) is 79.0 Å². The molecule has 1 atom stereocenters. The van der Waals surface area contributed by atoms with Gasteiger partial charge in [-0.25, -0.2) is 0 Å². The van der Waals surface area contributed by atoms with E-state index in [1.807, 2.05) is 67.7 Å². The lowest BCUT2D eigenvalue weighted by Gasteiger charge is -2.18. The molecule has 6 nitrogen and oxygen atoms in total. The second-order valence-electron chi connectivity index (χ2n) is 7.62. The monoisotopic (exact) mass is 427 g/mol. The molecule has 1 aromatic heterocycles. The second-order valence-corrected chi connectivity index (χ2v) is 7.62. The molecule has 0 saturated heterocycles. The van der Waals surface area contributed by atoms with Crippen molar-refractivity contribution >= 4 is 28.4 Å². The molecule has 0 aliphatic heterocycles. The van der Waals surface area contributed by atoms with E-state index in [2.05, 4.69) is 21.7 Å². The molecule has 0 aliphatic carbocycles. The molecule has 0 fully saturated rings. The zero-order chi connectivity index (χ0) is 22.5. The van der Waals surface area contributed by atoms with Crippen molar-refractivity contribution in [2.45, 2.75) is 12.8 Å². The molecule has 0 radical (unpaired) electrons. The summed E-state index contributed by atoms with van der Waals surface area (Å²) in [6, 6.07) is 23.4. The first-order chi connectivity index (χ1) is 15.6. The van der Waals surface area contributed by atoms with Gasteiger partial charge in [-0.3, -0.25) is 9.59 Å². The molecule has 0 bridgehead atoms. The van der Waals surface area contributed by atoms with Gasteiger partial charge in [0.15, 0.2) is 0 Å². The molecule has 3 aromatic carbocycles. The van der Waals surface area contributed by atoms with E-state index in [1.165, 1.54) is 7.11 Å². The minimum atomic E-state index is -0.736. The maximum absolute atomic E-state index is 12.6. The molecule has 0 aliphatic rings. The number of fused-ring (bicyclic) bond motifs is 1. The van der Waals surface area contributed by atoms with Gasteiger partial charge in [0, 0.05) is 29.6 Å². The number of aryl methyl sites for hydroxylation is 1. The normalized spacial score (nSPS) is 11.7. The van der Waals surface area contributed by atoms with Crippen LogP contribution in [0.3, 0.4) is 0 Å². The number of ether oxygens (including phenoxy) is 1. The lowest BCUT2D eigenvalue weighted by molar-refractivity contribution is -0.136. The Morgan fingerprint density at radius 1 is 0.969 bits per heavy atom. The van der Waals surface area contributed by atoms with Crippen molar-refractivity contribution in [2.24, 2.45) is 0 Å². The number of H-pyrrole nitrogens is 1. The summed E-state index contributed by atoms with van der Waals surface area (Å²) in [6.07, 6.45) is 1.96. The van der Waals surface area contributed by atoms with Crippen LogP contribution in [0.1, 0.15) is 22.6 Å². The van der Waals surface area contributed by atoms with Crippen molar-refractivity contribution in [1.82, 2.24) is 10.3 Å². The third-order valence-electron chi connectivity index (χ3n) is 5.47. The highest BCUT2D eigenvalue weighted by atomic mass is 16.5. The lowest BCUT2D eigenvalue weighted by atomic mass is 9.91. The van der Waals surface area contributed by atoms with E-state index in [0.717, 1.165) is 27.6 Å². The van der Waals surface area contributed by atoms with Gasteiger partial charge in [0.2, 0.25) is 0 Å². The Bertz CT molecular complexity index is 1250. The third-order valence-corrected chi connectivity index (χ3v) is 5.47. The molecule has 0 unspecified atom stereocenters. The van der Waals surface area contributed by atoms with Crippen LogP contribution in [0, 0.1) is 6.92 Å². The molecule has 0 spiro atoms. The van der Waals surface area contributed by atoms with Gasteiger partial charge in [-0.15, -0.1) is 0 Å². The molecule has 3 N–H and O–H groups in total. The van der Waals surface area contributed by atoms with Crippen LogP contribution < -0.4 is 15.4 Å². The minimum absolute atomic E-state index is 0.113. The van der Waals surface area contributed by atoms with E-state index in [0.29, 0.717) is 11.4 Å². The highest BCUT2D eigenvalue weighted by Gasteiger charge is 2.22. The number of carbonyl (C=O) groups is 2. The largest absolute Gasteiger partial charge is 0.495 e. The van der Waals surface area contributed by atoms with Gasteiger partial charge in [-0.05, 0) is 41.8 Å². The maximum Gasteiger partial charge on any atom is 0.313 e. The minimum Gasteiger partial charge on any atom is -0.495 e. The first-order valence-corrected chi connectivity index (χ1v) is 10.4. The van der Waals surface area contributed by atoms with Crippen LogP contribution in [0.25, 0.3) is 10.9 Å². The van der Waals surface area contributed by atoms with Crippen molar-refractivity contribution in [1.29, 1.82) is 0 Å². The van der Waals surface area contributed by atoms with E-state index < -0.39 is 11.8 Å². The van der Waals surface area contributed by atoms with Crippen LogP contribution in [0.2, 0.25) is 0 Å². The number of methoxy groups -OCH3 is 1. The highest BCUT2D eigenvalue weighted by molar-refractivity contribution is 6.39. The number of aromatic nitrogens is 1. The van der Waals surface area contributed by atoms with Gasteiger partial charge in [0.25, 0.3) is 0 Å². The Kier molecular flexibility index (Phi) is 6.22. The smallest absolute Gasteiger partial charge is 0.313 e. The molecule has 6 heteroatoms.